The van der Waals surface area contributed by atoms with Crippen LogP contribution in [0.2, 0.25) is 0 Å². The van der Waals surface area contributed by atoms with E-state index in [4.69, 9.17) is 4.74 Å². The van der Waals surface area contributed by atoms with Gasteiger partial charge in [-0.3, -0.25) is 0 Å². The second-order valence-electron chi connectivity index (χ2n) is 5.08. The molecule has 1 unspecified atom stereocenters. The zero-order valence-electron chi connectivity index (χ0n) is 9.52. The molecule has 0 N–H and O–H groups in total. The average molecular weight is 263 g/mol. The van der Waals surface area contributed by atoms with Gasteiger partial charge in [0.15, 0.2) is 0 Å². The highest BCUT2D eigenvalue weighted by atomic mass is 79.9. The summed E-state index contributed by atoms with van der Waals surface area (Å²) in [5, 5.41) is 1.11. The van der Waals surface area contributed by atoms with E-state index in [1.165, 1.54) is 32.1 Å². The monoisotopic (exact) mass is 262 g/mol. The highest BCUT2D eigenvalue weighted by Crippen LogP contribution is 2.36. The first-order valence-electron chi connectivity index (χ1n) is 5.82. The molecule has 84 valence electrons. The molecule has 1 aliphatic heterocycles. The van der Waals surface area contributed by atoms with Gasteiger partial charge in [-0.05, 0) is 25.2 Å². The quantitative estimate of drug-likeness (QED) is 0.681. The minimum Gasteiger partial charge on any atom is -0.381 e. The first-order chi connectivity index (χ1) is 6.68. The summed E-state index contributed by atoms with van der Waals surface area (Å²) in [7, 11) is 0. The summed E-state index contributed by atoms with van der Waals surface area (Å²) in [6.07, 6.45) is 6.63. The van der Waals surface area contributed by atoms with Crippen molar-refractivity contribution in [3.05, 3.63) is 0 Å². The van der Waals surface area contributed by atoms with Crippen LogP contribution in [0.3, 0.4) is 0 Å². The molecule has 1 aliphatic rings. The van der Waals surface area contributed by atoms with Crippen molar-refractivity contribution < 1.29 is 4.74 Å². The van der Waals surface area contributed by atoms with Gasteiger partial charge in [-0.25, -0.2) is 0 Å². The van der Waals surface area contributed by atoms with Crippen molar-refractivity contribution in [1.29, 1.82) is 0 Å². The lowest BCUT2D eigenvalue weighted by atomic mass is 9.79. The Labute approximate surface area is 96.7 Å². The van der Waals surface area contributed by atoms with Crippen LogP contribution < -0.4 is 0 Å². The third kappa shape index (κ3) is 3.90. The fraction of sp³-hybridized carbons (Fsp3) is 1.00. The zero-order valence-corrected chi connectivity index (χ0v) is 11.1. The topological polar surface area (TPSA) is 9.23 Å². The van der Waals surface area contributed by atoms with Crippen molar-refractivity contribution in [2.45, 2.75) is 46.0 Å². The highest BCUT2D eigenvalue weighted by molar-refractivity contribution is 9.09. The number of ether oxygens (including phenoxy) is 1. The van der Waals surface area contributed by atoms with Crippen LogP contribution in [-0.4, -0.2) is 18.5 Å². The van der Waals surface area contributed by atoms with Crippen molar-refractivity contribution in [2.24, 2.45) is 11.3 Å². The summed E-state index contributed by atoms with van der Waals surface area (Å²) in [4.78, 5) is 0. The molecule has 1 rings (SSSR count). The van der Waals surface area contributed by atoms with E-state index in [9.17, 15) is 0 Å². The maximum atomic E-state index is 5.60. The lowest BCUT2D eigenvalue weighted by molar-refractivity contribution is -0.0000913. The maximum absolute atomic E-state index is 5.60. The number of rotatable bonds is 5. The minimum atomic E-state index is 0.452. The second kappa shape index (κ2) is 6.12. The summed E-state index contributed by atoms with van der Waals surface area (Å²) in [5.41, 5.74) is 0.452. The molecule has 1 nitrogen and oxygen atoms in total. The Kier molecular flexibility index (Phi) is 5.47. The van der Waals surface area contributed by atoms with Gasteiger partial charge in [0.25, 0.3) is 0 Å². The Balaban J connectivity index is 2.29. The molecule has 0 bridgehead atoms. The third-order valence-electron chi connectivity index (χ3n) is 3.18. The molecule has 0 amide bonds. The smallest absolute Gasteiger partial charge is 0.0530 e. The molecular formula is C12H23BrO. The van der Waals surface area contributed by atoms with Gasteiger partial charge in [0.05, 0.1) is 6.61 Å². The molecule has 0 aromatic rings. The lowest BCUT2D eigenvalue weighted by Crippen LogP contribution is -2.33. The lowest BCUT2D eigenvalue weighted by Gasteiger charge is -2.35. The number of hydrogen-bond acceptors (Lipinski definition) is 1. The van der Waals surface area contributed by atoms with E-state index >= 15 is 0 Å². The fourth-order valence-corrected chi connectivity index (χ4v) is 2.89. The van der Waals surface area contributed by atoms with E-state index in [-0.39, 0.29) is 0 Å². The molecular weight excluding hydrogens is 240 g/mol. The van der Waals surface area contributed by atoms with E-state index in [2.05, 4.69) is 29.8 Å². The SMILES string of the molecule is CC(C)CCCC1(CBr)CCCOC1. The van der Waals surface area contributed by atoms with Crippen LogP contribution in [0.25, 0.3) is 0 Å². The van der Waals surface area contributed by atoms with Crippen molar-refractivity contribution in [1.82, 2.24) is 0 Å². The maximum Gasteiger partial charge on any atom is 0.0530 e. The van der Waals surface area contributed by atoms with Gasteiger partial charge >= 0.3 is 0 Å². The number of hydrogen-bond donors (Lipinski definition) is 0. The van der Waals surface area contributed by atoms with Crippen LogP contribution in [0.5, 0.6) is 0 Å². The fourth-order valence-electron chi connectivity index (χ4n) is 2.16. The Bertz CT molecular complexity index is 150. The Morgan fingerprint density at radius 3 is 2.71 bits per heavy atom. The van der Waals surface area contributed by atoms with E-state index in [1.54, 1.807) is 0 Å². The van der Waals surface area contributed by atoms with E-state index in [1.807, 2.05) is 0 Å². The summed E-state index contributed by atoms with van der Waals surface area (Å²) < 4.78 is 5.60. The third-order valence-corrected chi connectivity index (χ3v) is 4.37. The van der Waals surface area contributed by atoms with Crippen LogP contribution >= 0.6 is 15.9 Å². The molecule has 0 saturated carbocycles. The van der Waals surface area contributed by atoms with E-state index < -0.39 is 0 Å². The number of alkyl halides is 1. The van der Waals surface area contributed by atoms with Gasteiger partial charge in [0.2, 0.25) is 0 Å². The highest BCUT2D eigenvalue weighted by Gasteiger charge is 2.31. The molecule has 1 heterocycles. The first kappa shape index (κ1) is 12.5. The van der Waals surface area contributed by atoms with E-state index in [0.717, 1.165) is 24.5 Å². The van der Waals surface area contributed by atoms with Crippen LogP contribution in [0.4, 0.5) is 0 Å². The second-order valence-corrected chi connectivity index (χ2v) is 5.64. The summed E-state index contributed by atoms with van der Waals surface area (Å²) in [6, 6.07) is 0. The molecule has 0 aromatic carbocycles. The molecule has 0 spiro atoms. The molecule has 2 heteroatoms. The van der Waals surface area contributed by atoms with E-state index in [0.29, 0.717) is 5.41 Å². The van der Waals surface area contributed by atoms with Gasteiger partial charge in [0.1, 0.15) is 0 Å². The van der Waals surface area contributed by atoms with Crippen molar-refractivity contribution in [2.75, 3.05) is 18.5 Å². The molecule has 14 heavy (non-hydrogen) atoms. The summed E-state index contributed by atoms with van der Waals surface area (Å²) in [5.74, 6) is 0.840. The van der Waals surface area contributed by atoms with Crippen molar-refractivity contribution in [3.63, 3.8) is 0 Å². The van der Waals surface area contributed by atoms with Crippen molar-refractivity contribution in [3.8, 4) is 0 Å². The normalized spacial score (nSPS) is 28.3. The van der Waals surface area contributed by atoms with Crippen LogP contribution in [0.15, 0.2) is 0 Å². The Morgan fingerprint density at radius 2 is 2.21 bits per heavy atom. The number of halogens is 1. The van der Waals surface area contributed by atoms with Gasteiger partial charge in [-0.1, -0.05) is 42.6 Å². The zero-order chi connectivity index (χ0) is 10.4. The van der Waals surface area contributed by atoms with Crippen LogP contribution in [0, 0.1) is 11.3 Å². The minimum absolute atomic E-state index is 0.452. The van der Waals surface area contributed by atoms with Crippen LogP contribution in [-0.2, 0) is 4.74 Å². The molecule has 1 atom stereocenters. The predicted molar refractivity (Wildman–Crippen MR) is 65.0 cm³/mol. The first-order valence-corrected chi connectivity index (χ1v) is 6.94. The molecule has 0 aliphatic carbocycles. The largest absolute Gasteiger partial charge is 0.381 e. The summed E-state index contributed by atoms with van der Waals surface area (Å²) in [6.45, 7) is 6.55. The summed E-state index contributed by atoms with van der Waals surface area (Å²) >= 11 is 3.66. The van der Waals surface area contributed by atoms with Gasteiger partial charge in [0, 0.05) is 17.4 Å². The van der Waals surface area contributed by atoms with Crippen molar-refractivity contribution >= 4 is 15.9 Å². The average Bonchev–Trinajstić information content (AvgIpc) is 2.19. The van der Waals surface area contributed by atoms with Crippen LogP contribution in [0.1, 0.15) is 46.0 Å². The van der Waals surface area contributed by atoms with Gasteiger partial charge in [-0.15, -0.1) is 0 Å². The molecule has 1 fully saturated rings. The molecule has 0 aromatic heterocycles. The van der Waals surface area contributed by atoms with Gasteiger partial charge < -0.3 is 4.74 Å². The Morgan fingerprint density at radius 1 is 1.43 bits per heavy atom. The predicted octanol–water partition coefficient (Wildman–Crippen LogP) is 4.00. The molecule has 0 radical (unpaired) electrons. The molecule has 1 saturated heterocycles. The van der Waals surface area contributed by atoms with Gasteiger partial charge in [-0.2, -0.15) is 0 Å². The standard InChI is InChI=1S/C12H23BrO/c1-11(2)5-3-6-12(9-13)7-4-8-14-10-12/h11H,3-10H2,1-2H3. The Hall–Kier alpha value is 0.440.